The second kappa shape index (κ2) is 2.42. The van der Waals surface area contributed by atoms with Crippen molar-refractivity contribution in [1.29, 1.82) is 0 Å². The van der Waals surface area contributed by atoms with Gasteiger partial charge >= 0.3 is 0 Å². The summed E-state index contributed by atoms with van der Waals surface area (Å²) in [6, 6.07) is 0. The fourth-order valence-electron chi connectivity index (χ4n) is 0.223. The van der Waals surface area contributed by atoms with Gasteiger partial charge in [0.15, 0.2) is 0 Å². The highest BCUT2D eigenvalue weighted by molar-refractivity contribution is 7.77. The molecule has 3 heteroatoms. The van der Waals surface area contributed by atoms with Crippen molar-refractivity contribution in [3.8, 4) is 0 Å². The second-order valence-electron chi connectivity index (χ2n) is 2.02. The quantitative estimate of drug-likeness (QED) is 0.434. The topological polar surface area (TPSA) is 23.5 Å². The average molecular weight is 133 g/mol. The molecule has 0 aliphatic carbocycles. The number of rotatable bonds is 2. The lowest BCUT2D eigenvalue weighted by Crippen LogP contribution is -2.32. The van der Waals surface area contributed by atoms with E-state index in [2.05, 4.69) is 19.4 Å². The lowest BCUT2D eigenvalue weighted by Gasteiger charge is -2.26. The SMILES string of the molecule is C=CN(S)C(C)(C)O. The molecule has 0 saturated heterocycles. The zero-order chi connectivity index (χ0) is 6.78. The van der Waals surface area contributed by atoms with Crippen LogP contribution >= 0.6 is 12.8 Å². The van der Waals surface area contributed by atoms with Crippen LogP contribution in [0.15, 0.2) is 12.8 Å². The lowest BCUT2D eigenvalue weighted by molar-refractivity contribution is 0.00412. The number of aliphatic hydroxyl groups is 1. The Morgan fingerprint density at radius 2 is 2.12 bits per heavy atom. The number of hydrogen-bond acceptors (Lipinski definition) is 3. The Hall–Kier alpha value is -0.150. The Morgan fingerprint density at radius 1 is 1.75 bits per heavy atom. The molecule has 2 nitrogen and oxygen atoms in total. The van der Waals surface area contributed by atoms with Crippen LogP contribution < -0.4 is 0 Å². The second-order valence-corrected chi connectivity index (χ2v) is 2.45. The van der Waals surface area contributed by atoms with Crippen molar-refractivity contribution in [3.05, 3.63) is 12.8 Å². The molecule has 0 aliphatic rings. The zero-order valence-corrected chi connectivity index (χ0v) is 6.02. The van der Waals surface area contributed by atoms with Crippen LogP contribution in [0, 0.1) is 0 Å². The van der Waals surface area contributed by atoms with Gasteiger partial charge in [0.1, 0.15) is 5.72 Å². The monoisotopic (exact) mass is 133 g/mol. The summed E-state index contributed by atoms with van der Waals surface area (Å²) >= 11 is 3.88. The van der Waals surface area contributed by atoms with Gasteiger partial charge in [0.2, 0.25) is 0 Å². The Labute approximate surface area is 55.4 Å². The van der Waals surface area contributed by atoms with Gasteiger partial charge in [-0.05, 0) is 13.8 Å². The molecule has 0 aromatic heterocycles. The van der Waals surface area contributed by atoms with E-state index >= 15 is 0 Å². The molecule has 0 rings (SSSR count). The van der Waals surface area contributed by atoms with Gasteiger partial charge < -0.3 is 5.11 Å². The normalized spacial score (nSPS) is 11.0. The minimum Gasteiger partial charge on any atom is -0.371 e. The van der Waals surface area contributed by atoms with Crippen LogP contribution in [0.4, 0.5) is 0 Å². The van der Waals surface area contributed by atoms with Crippen molar-refractivity contribution in [2.24, 2.45) is 0 Å². The molecule has 0 atom stereocenters. The fourth-order valence-corrected chi connectivity index (χ4v) is 0.223. The summed E-state index contributed by atoms with van der Waals surface area (Å²) in [5.74, 6) is 0. The van der Waals surface area contributed by atoms with E-state index in [4.69, 9.17) is 5.11 Å². The highest BCUT2D eigenvalue weighted by Crippen LogP contribution is 2.11. The summed E-state index contributed by atoms with van der Waals surface area (Å²) in [5, 5.41) is 9.06. The third kappa shape index (κ3) is 2.23. The van der Waals surface area contributed by atoms with Gasteiger partial charge in [0.25, 0.3) is 0 Å². The van der Waals surface area contributed by atoms with E-state index in [-0.39, 0.29) is 0 Å². The van der Waals surface area contributed by atoms with Crippen molar-refractivity contribution in [2.75, 3.05) is 0 Å². The largest absolute Gasteiger partial charge is 0.371 e. The molecule has 0 aliphatic heterocycles. The Balaban J connectivity index is 3.80. The highest BCUT2D eigenvalue weighted by Gasteiger charge is 2.15. The summed E-state index contributed by atoms with van der Waals surface area (Å²) in [6.45, 7) is 6.67. The van der Waals surface area contributed by atoms with Crippen molar-refractivity contribution in [2.45, 2.75) is 19.6 Å². The van der Waals surface area contributed by atoms with Gasteiger partial charge in [0.05, 0.1) is 0 Å². The summed E-state index contributed by atoms with van der Waals surface area (Å²) in [5.41, 5.74) is -0.912. The summed E-state index contributed by atoms with van der Waals surface area (Å²) in [4.78, 5) is 0. The number of nitrogens with zero attached hydrogens (tertiary/aromatic N) is 1. The molecule has 0 fully saturated rings. The predicted molar refractivity (Wildman–Crippen MR) is 37.3 cm³/mol. The molecule has 0 bridgehead atoms. The van der Waals surface area contributed by atoms with Crippen molar-refractivity contribution >= 4 is 12.8 Å². The summed E-state index contributed by atoms with van der Waals surface area (Å²) < 4.78 is 1.33. The van der Waals surface area contributed by atoms with Crippen LogP contribution in [0.2, 0.25) is 0 Å². The van der Waals surface area contributed by atoms with E-state index in [0.29, 0.717) is 0 Å². The van der Waals surface area contributed by atoms with Crippen LogP contribution in [0.25, 0.3) is 0 Å². The lowest BCUT2D eigenvalue weighted by atomic mass is 10.3. The number of thiol groups is 1. The van der Waals surface area contributed by atoms with Crippen molar-refractivity contribution < 1.29 is 5.11 Å². The average Bonchev–Trinajstić information content (AvgIpc) is 1.62. The first-order valence-electron chi connectivity index (χ1n) is 2.31. The molecule has 0 amide bonds. The first-order chi connectivity index (χ1) is 3.48. The molecule has 0 aromatic carbocycles. The van der Waals surface area contributed by atoms with Crippen LogP contribution in [0.5, 0.6) is 0 Å². The molecule has 0 heterocycles. The Morgan fingerprint density at radius 3 is 2.12 bits per heavy atom. The van der Waals surface area contributed by atoms with E-state index in [1.807, 2.05) is 0 Å². The van der Waals surface area contributed by atoms with Gasteiger partial charge in [-0.15, -0.1) is 0 Å². The molecule has 48 valence electrons. The maximum absolute atomic E-state index is 9.06. The third-order valence-corrected chi connectivity index (χ3v) is 1.39. The van der Waals surface area contributed by atoms with E-state index in [9.17, 15) is 0 Å². The van der Waals surface area contributed by atoms with Gasteiger partial charge in [-0.1, -0.05) is 19.4 Å². The van der Waals surface area contributed by atoms with E-state index in [0.717, 1.165) is 0 Å². The molecule has 1 N–H and O–H groups in total. The molecule has 0 saturated carbocycles. The van der Waals surface area contributed by atoms with Crippen LogP contribution in [-0.2, 0) is 0 Å². The first-order valence-corrected chi connectivity index (χ1v) is 2.71. The third-order valence-electron chi connectivity index (χ3n) is 0.734. The minimum absolute atomic E-state index is 0.912. The molecule has 0 spiro atoms. The molecule has 0 unspecified atom stereocenters. The van der Waals surface area contributed by atoms with E-state index in [1.165, 1.54) is 10.5 Å². The fraction of sp³-hybridized carbons (Fsp3) is 0.600. The highest BCUT2D eigenvalue weighted by atomic mass is 32.1. The minimum atomic E-state index is -0.912. The van der Waals surface area contributed by atoms with Gasteiger partial charge in [0, 0.05) is 6.20 Å². The van der Waals surface area contributed by atoms with Crippen LogP contribution in [0.3, 0.4) is 0 Å². The van der Waals surface area contributed by atoms with Crippen LogP contribution in [-0.4, -0.2) is 15.1 Å². The molecular formula is C5H11NOS. The first kappa shape index (κ1) is 7.85. The Bertz CT molecular complexity index is 86.9. The van der Waals surface area contributed by atoms with Gasteiger partial charge in [-0.3, -0.25) is 4.31 Å². The van der Waals surface area contributed by atoms with Gasteiger partial charge in [-0.25, -0.2) is 0 Å². The molecule has 0 radical (unpaired) electrons. The molecular weight excluding hydrogens is 122 g/mol. The summed E-state index contributed by atoms with van der Waals surface area (Å²) in [6.07, 6.45) is 1.45. The smallest absolute Gasteiger partial charge is 0.141 e. The van der Waals surface area contributed by atoms with Crippen molar-refractivity contribution in [3.63, 3.8) is 0 Å². The van der Waals surface area contributed by atoms with E-state index < -0.39 is 5.72 Å². The number of hydrogen-bond donors (Lipinski definition) is 2. The molecule has 8 heavy (non-hydrogen) atoms. The van der Waals surface area contributed by atoms with Crippen LogP contribution in [0.1, 0.15) is 13.8 Å². The summed E-state index contributed by atoms with van der Waals surface area (Å²) in [7, 11) is 0. The van der Waals surface area contributed by atoms with Crippen molar-refractivity contribution in [1.82, 2.24) is 4.31 Å². The maximum Gasteiger partial charge on any atom is 0.141 e. The Kier molecular flexibility index (Phi) is 2.37. The zero-order valence-electron chi connectivity index (χ0n) is 5.13. The van der Waals surface area contributed by atoms with Gasteiger partial charge in [-0.2, -0.15) is 0 Å². The van der Waals surface area contributed by atoms with E-state index in [1.54, 1.807) is 13.8 Å². The molecule has 0 aromatic rings. The maximum atomic E-state index is 9.06. The standard InChI is InChI=1S/C5H11NOS/c1-4-6(8)5(2,3)7/h4,7-8H,1H2,2-3H3. The predicted octanol–water partition coefficient (Wildman–Crippen LogP) is 1.01.